The zero-order valence-electron chi connectivity index (χ0n) is 22.5. The van der Waals surface area contributed by atoms with E-state index in [0.717, 1.165) is 14.2 Å². The van der Waals surface area contributed by atoms with Gasteiger partial charge in [0.2, 0.25) is 17.7 Å². The lowest BCUT2D eigenvalue weighted by Gasteiger charge is -2.26. The molecule has 1 fully saturated rings. The highest BCUT2D eigenvalue weighted by molar-refractivity contribution is 5.92. The minimum Gasteiger partial charge on any atom is -0.463 e. The minimum absolute atomic E-state index is 0.0135. The molecule has 1 saturated heterocycles. The van der Waals surface area contributed by atoms with Crippen LogP contribution in [0.25, 0.3) is 0 Å². The van der Waals surface area contributed by atoms with Crippen molar-refractivity contribution in [1.82, 2.24) is 26.6 Å². The van der Waals surface area contributed by atoms with Gasteiger partial charge < -0.3 is 40.8 Å². The van der Waals surface area contributed by atoms with Gasteiger partial charge >= 0.3 is 18.2 Å². The Hall–Kier alpha value is -3.84. The molecule has 0 aromatic heterocycles. The average Bonchev–Trinajstić information content (AvgIpc) is 3.27. The fraction of sp³-hybridized carbons (Fsp3) is 0.667. The van der Waals surface area contributed by atoms with Crippen molar-refractivity contribution in [2.24, 2.45) is 11.8 Å². The standard InChI is InChI=1S/C24H39N5O9/c1-6-38-19(30)8-7-16(12-15-9-10-25-20(15)31)27-21(32)17(11-14(2)3)28-22(33)18(29-24(35)37-5)13-26-23(34)36-4/h7-8,14-18H,6,9-13H2,1-5H3,(H,25,31)(H,26,34)(H,27,32)(H,28,33)(H,29,35)/t15-,16+,17-,18-/m0/s1. The van der Waals surface area contributed by atoms with Gasteiger partial charge in [0.05, 0.1) is 27.4 Å². The van der Waals surface area contributed by atoms with Crippen molar-refractivity contribution in [3.63, 3.8) is 0 Å². The van der Waals surface area contributed by atoms with E-state index < -0.39 is 48.1 Å². The van der Waals surface area contributed by atoms with Crippen molar-refractivity contribution in [3.05, 3.63) is 12.2 Å². The van der Waals surface area contributed by atoms with Gasteiger partial charge in [-0.25, -0.2) is 14.4 Å². The van der Waals surface area contributed by atoms with E-state index in [1.807, 2.05) is 13.8 Å². The zero-order chi connectivity index (χ0) is 28.7. The highest BCUT2D eigenvalue weighted by Gasteiger charge is 2.31. The molecule has 214 valence electrons. The Bertz CT molecular complexity index is 877. The number of hydrogen-bond acceptors (Lipinski definition) is 9. The van der Waals surface area contributed by atoms with Crippen LogP contribution >= 0.6 is 0 Å². The Labute approximate surface area is 221 Å². The Kier molecular flexibility index (Phi) is 14.2. The predicted octanol–water partition coefficient (Wildman–Crippen LogP) is -0.272. The Morgan fingerprint density at radius 3 is 2.21 bits per heavy atom. The van der Waals surface area contributed by atoms with Crippen LogP contribution in [0.2, 0.25) is 0 Å². The topological polar surface area (TPSA) is 190 Å². The summed E-state index contributed by atoms with van der Waals surface area (Å²) >= 11 is 0. The molecule has 0 aliphatic carbocycles. The Balaban J connectivity index is 3.05. The van der Waals surface area contributed by atoms with Gasteiger partial charge in [-0.1, -0.05) is 19.9 Å². The monoisotopic (exact) mass is 541 g/mol. The first-order valence-electron chi connectivity index (χ1n) is 12.4. The fourth-order valence-electron chi connectivity index (χ4n) is 3.67. The molecule has 5 N–H and O–H groups in total. The average molecular weight is 542 g/mol. The van der Waals surface area contributed by atoms with E-state index in [2.05, 4.69) is 36.1 Å². The second-order valence-electron chi connectivity index (χ2n) is 8.99. The number of alkyl carbamates (subject to hydrolysis) is 2. The number of hydrogen-bond donors (Lipinski definition) is 5. The molecule has 1 aliphatic heterocycles. The molecule has 0 aromatic rings. The predicted molar refractivity (Wildman–Crippen MR) is 135 cm³/mol. The highest BCUT2D eigenvalue weighted by Crippen LogP contribution is 2.17. The van der Waals surface area contributed by atoms with Gasteiger partial charge in [0, 0.05) is 24.6 Å². The zero-order valence-corrected chi connectivity index (χ0v) is 22.5. The quantitative estimate of drug-likeness (QED) is 0.112. The maximum Gasteiger partial charge on any atom is 0.407 e. The molecule has 1 aliphatic rings. The van der Waals surface area contributed by atoms with Crippen LogP contribution in [0.5, 0.6) is 0 Å². The normalized spacial score (nSPS) is 17.1. The first-order valence-corrected chi connectivity index (χ1v) is 12.4. The van der Waals surface area contributed by atoms with Crippen LogP contribution < -0.4 is 26.6 Å². The number of ether oxygens (including phenoxy) is 3. The first-order chi connectivity index (χ1) is 18.0. The number of carbonyl (C=O) groups is 6. The number of rotatable bonds is 14. The lowest BCUT2D eigenvalue weighted by molar-refractivity contribution is -0.137. The molecule has 38 heavy (non-hydrogen) atoms. The van der Waals surface area contributed by atoms with Crippen molar-refractivity contribution >= 4 is 35.9 Å². The Morgan fingerprint density at radius 1 is 1.00 bits per heavy atom. The van der Waals surface area contributed by atoms with E-state index in [-0.39, 0.29) is 43.7 Å². The van der Waals surface area contributed by atoms with E-state index in [1.54, 1.807) is 6.92 Å². The molecule has 4 atom stereocenters. The molecule has 0 radical (unpaired) electrons. The van der Waals surface area contributed by atoms with Gasteiger partial charge in [-0.2, -0.15) is 0 Å². The first kappa shape index (κ1) is 32.2. The molecule has 5 amide bonds. The molecule has 14 heteroatoms. The van der Waals surface area contributed by atoms with Gasteiger partial charge in [-0.05, 0) is 32.1 Å². The van der Waals surface area contributed by atoms with E-state index in [1.165, 1.54) is 12.2 Å². The van der Waals surface area contributed by atoms with E-state index >= 15 is 0 Å². The number of carbonyl (C=O) groups excluding carboxylic acids is 6. The molecule has 0 aromatic carbocycles. The van der Waals surface area contributed by atoms with Gasteiger partial charge in [0.25, 0.3) is 0 Å². The summed E-state index contributed by atoms with van der Waals surface area (Å²) in [5.41, 5.74) is 0. The molecule has 14 nitrogen and oxygen atoms in total. The third-order valence-corrected chi connectivity index (χ3v) is 5.55. The largest absolute Gasteiger partial charge is 0.463 e. The SMILES string of the molecule is CCOC(=O)C=C[C@H](C[C@@H]1CCNC1=O)NC(=O)[C@H](CC(C)C)NC(=O)[C@H](CNC(=O)OC)NC(=O)OC. The van der Waals surface area contributed by atoms with Crippen LogP contribution in [0.3, 0.4) is 0 Å². The maximum absolute atomic E-state index is 13.3. The summed E-state index contributed by atoms with van der Waals surface area (Å²) in [5, 5.41) is 12.8. The summed E-state index contributed by atoms with van der Waals surface area (Å²) in [4.78, 5) is 73.4. The number of nitrogens with one attached hydrogen (secondary N) is 5. The van der Waals surface area contributed by atoms with Gasteiger partial charge in [-0.15, -0.1) is 0 Å². The van der Waals surface area contributed by atoms with Crippen LogP contribution in [0, 0.1) is 11.8 Å². The smallest absolute Gasteiger partial charge is 0.407 e. The second-order valence-corrected chi connectivity index (χ2v) is 8.99. The summed E-state index contributed by atoms with van der Waals surface area (Å²) in [5.74, 6) is -2.41. The molecular formula is C24H39N5O9. The highest BCUT2D eigenvalue weighted by atomic mass is 16.5. The molecule has 1 heterocycles. The lowest BCUT2D eigenvalue weighted by atomic mass is 9.97. The van der Waals surface area contributed by atoms with E-state index in [9.17, 15) is 28.8 Å². The van der Waals surface area contributed by atoms with Gasteiger partial charge in [-0.3, -0.25) is 14.4 Å². The second kappa shape index (κ2) is 16.8. The molecule has 0 bridgehead atoms. The maximum atomic E-state index is 13.3. The van der Waals surface area contributed by atoms with Crippen LogP contribution in [-0.4, -0.2) is 87.9 Å². The van der Waals surface area contributed by atoms with Crippen LogP contribution in [0.15, 0.2) is 12.2 Å². The van der Waals surface area contributed by atoms with Crippen molar-refractivity contribution in [1.29, 1.82) is 0 Å². The summed E-state index contributed by atoms with van der Waals surface area (Å²) in [6.07, 6.45) is 1.97. The number of esters is 1. The summed E-state index contributed by atoms with van der Waals surface area (Å²) in [6, 6.07) is -3.00. The van der Waals surface area contributed by atoms with Crippen molar-refractivity contribution in [2.45, 2.75) is 58.2 Å². The third kappa shape index (κ3) is 11.9. The third-order valence-electron chi connectivity index (χ3n) is 5.55. The van der Waals surface area contributed by atoms with Crippen molar-refractivity contribution in [2.75, 3.05) is 33.9 Å². The van der Waals surface area contributed by atoms with E-state index in [0.29, 0.717) is 13.0 Å². The molecular weight excluding hydrogens is 502 g/mol. The number of amides is 5. The molecule has 0 saturated carbocycles. The summed E-state index contributed by atoms with van der Waals surface area (Å²) in [7, 11) is 2.25. The van der Waals surface area contributed by atoms with Crippen molar-refractivity contribution in [3.8, 4) is 0 Å². The van der Waals surface area contributed by atoms with Gasteiger partial charge in [0.15, 0.2) is 0 Å². The van der Waals surface area contributed by atoms with Crippen LogP contribution in [-0.2, 0) is 33.4 Å². The minimum atomic E-state index is -1.27. The molecule has 0 spiro atoms. The molecule has 0 unspecified atom stereocenters. The lowest BCUT2D eigenvalue weighted by Crippen LogP contribution is -2.57. The summed E-state index contributed by atoms with van der Waals surface area (Å²) in [6.45, 7) is 5.75. The Morgan fingerprint density at radius 2 is 1.66 bits per heavy atom. The number of methoxy groups -OCH3 is 2. The van der Waals surface area contributed by atoms with Crippen molar-refractivity contribution < 1.29 is 43.0 Å². The van der Waals surface area contributed by atoms with E-state index in [4.69, 9.17) is 4.74 Å². The molecule has 1 rings (SSSR count). The van der Waals surface area contributed by atoms with Gasteiger partial charge in [0.1, 0.15) is 12.1 Å². The summed E-state index contributed by atoms with van der Waals surface area (Å²) < 4.78 is 13.9. The van der Waals surface area contributed by atoms with Crippen LogP contribution in [0.1, 0.15) is 40.0 Å². The fourth-order valence-corrected chi connectivity index (χ4v) is 3.67. The van der Waals surface area contributed by atoms with Crippen LogP contribution in [0.4, 0.5) is 9.59 Å².